The van der Waals surface area contributed by atoms with Crippen molar-refractivity contribution in [1.29, 1.82) is 0 Å². The quantitative estimate of drug-likeness (QED) is 0.739. The van der Waals surface area contributed by atoms with Gasteiger partial charge in [-0.3, -0.25) is 4.79 Å². The Morgan fingerprint density at radius 2 is 2.29 bits per heavy atom. The normalized spacial score (nSPS) is 10.4. The summed E-state index contributed by atoms with van der Waals surface area (Å²) in [7, 11) is 0. The summed E-state index contributed by atoms with van der Waals surface area (Å²) in [5.74, 6) is -0.292. The first-order chi connectivity index (χ1) is 6.63. The number of phenols is 1. The van der Waals surface area contributed by atoms with E-state index in [4.69, 9.17) is 11.6 Å². The van der Waals surface area contributed by atoms with Gasteiger partial charge < -0.3 is 10.4 Å². The molecule has 1 amide bonds. The van der Waals surface area contributed by atoms with Crippen molar-refractivity contribution in [2.75, 3.05) is 5.32 Å². The van der Waals surface area contributed by atoms with E-state index in [-0.39, 0.29) is 16.7 Å². The molecule has 1 aromatic carbocycles. The Balaban J connectivity index is 2.78. The molecule has 74 valence electrons. The zero-order valence-corrected chi connectivity index (χ0v) is 8.38. The summed E-state index contributed by atoms with van der Waals surface area (Å²) >= 11 is 5.60. The van der Waals surface area contributed by atoms with Crippen molar-refractivity contribution in [2.24, 2.45) is 0 Å². The van der Waals surface area contributed by atoms with Gasteiger partial charge in [-0.1, -0.05) is 17.7 Å². The molecule has 0 bridgehead atoms. The van der Waals surface area contributed by atoms with Gasteiger partial charge in [-0.15, -0.1) is 0 Å². The predicted octanol–water partition coefficient (Wildman–Crippen LogP) is 2.56. The average Bonchev–Trinajstić information content (AvgIpc) is 2.12. The third-order valence-corrected chi connectivity index (χ3v) is 1.85. The number of halogens is 1. The van der Waals surface area contributed by atoms with E-state index in [1.54, 1.807) is 19.1 Å². The lowest BCUT2D eigenvalue weighted by atomic mass is 10.3. The second kappa shape index (κ2) is 4.67. The minimum absolute atomic E-state index is 0.0510. The van der Waals surface area contributed by atoms with Gasteiger partial charge in [0.05, 0.1) is 5.02 Å². The average molecular weight is 212 g/mol. The van der Waals surface area contributed by atoms with Crippen LogP contribution in [0.5, 0.6) is 5.75 Å². The van der Waals surface area contributed by atoms with E-state index in [0.29, 0.717) is 5.69 Å². The third-order valence-electron chi connectivity index (χ3n) is 1.53. The number of hydrogen-bond donors (Lipinski definition) is 2. The number of benzene rings is 1. The van der Waals surface area contributed by atoms with E-state index in [0.717, 1.165) is 0 Å². The molecule has 0 spiro atoms. The zero-order valence-electron chi connectivity index (χ0n) is 7.62. The van der Waals surface area contributed by atoms with Gasteiger partial charge in [0.1, 0.15) is 5.75 Å². The summed E-state index contributed by atoms with van der Waals surface area (Å²) in [6.07, 6.45) is 3.02. The molecular formula is C10H10ClNO2. The molecule has 0 heterocycles. The van der Waals surface area contributed by atoms with E-state index in [2.05, 4.69) is 5.32 Å². The smallest absolute Gasteiger partial charge is 0.248 e. The molecule has 0 radical (unpaired) electrons. The Morgan fingerprint density at radius 3 is 2.86 bits per heavy atom. The number of carbonyl (C=O) groups is 1. The third kappa shape index (κ3) is 2.78. The van der Waals surface area contributed by atoms with Gasteiger partial charge in [-0.25, -0.2) is 0 Å². The van der Waals surface area contributed by atoms with Crippen molar-refractivity contribution >= 4 is 23.2 Å². The number of rotatable bonds is 2. The molecule has 0 fully saturated rings. The summed E-state index contributed by atoms with van der Waals surface area (Å²) in [4.78, 5) is 11.1. The Hall–Kier alpha value is -1.48. The van der Waals surface area contributed by atoms with Crippen LogP contribution in [0.1, 0.15) is 6.92 Å². The summed E-state index contributed by atoms with van der Waals surface area (Å²) < 4.78 is 0. The lowest BCUT2D eigenvalue weighted by molar-refractivity contribution is -0.111. The largest absolute Gasteiger partial charge is 0.506 e. The number of phenolic OH excluding ortho intramolecular Hbond substituents is 1. The van der Waals surface area contributed by atoms with Crippen molar-refractivity contribution in [2.45, 2.75) is 6.92 Å². The maximum Gasteiger partial charge on any atom is 0.248 e. The second-order valence-corrected chi connectivity index (χ2v) is 3.06. The van der Waals surface area contributed by atoms with Crippen molar-refractivity contribution < 1.29 is 9.90 Å². The van der Waals surface area contributed by atoms with Crippen LogP contribution in [-0.4, -0.2) is 11.0 Å². The number of anilines is 1. The molecular weight excluding hydrogens is 202 g/mol. The minimum Gasteiger partial charge on any atom is -0.506 e. The molecule has 1 aromatic rings. The van der Waals surface area contributed by atoms with Crippen molar-refractivity contribution in [3.8, 4) is 5.75 Å². The van der Waals surface area contributed by atoms with Crippen molar-refractivity contribution in [3.63, 3.8) is 0 Å². The molecule has 0 saturated heterocycles. The molecule has 0 saturated carbocycles. The number of hydrogen-bond acceptors (Lipinski definition) is 2. The topological polar surface area (TPSA) is 49.3 Å². The predicted molar refractivity (Wildman–Crippen MR) is 56.6 cm³/mol. The number of allylic oxidation sites excluding steroid dienone is 1. The van der Waals surface area contributed by atoms with Crippen LogP contribution in [0.2, 0.25) is 5.02 Å². The van der Waals surface area contributed by atoms with Crippen LogP contribution >= 0.6 is 11.6 Å². The van der Waals surface area contributed by atoms with Crippen LogP contribution in [0.15, 0.2) is 30.4 Å². The van der Waals surface area contributed by atoms with E-state index < -0.39 is 0 Å². The van der Waals surface area contributed by atoms with Crippen molar-refractivity contribution in [3.05, 3.63) is 35.4 Å². The lowest BCUT2D eigenvalue weighted by Gasteiger charge is -2.03. The summed E-state index contributed by atoms with van der Waals surface area (Å²) in [5.41, 5.74) is 0.509. The Bertz CT molecular complexity index is 374. The SMILES string of the molecule is CC=CC(=O)Nc1ccc(Cl)c(O)c1. The molecule has 4 heteroatoms. The van der Waals surface area contributed by atoms with Crippen molar-refractivity contribution in [1.82, 2.24) is 0 Å². The van der Waals surface area contributed by atoms with Gasteiger partial charge >= 0.3 is 0 Å². The van der Waals surface area contributed by atoms with Gasteiger partial charge in [-0.05, 0) is 25.1 Å². The Kier molecular flexibility index (Phi) is 3.54. The maximum atomic E-state index is 11.1. The fraction of sp³-hybridized carbons (Fsp3) is 0.100. The highest BCUT2D eigenvalue weighted by molar-refractivity contribution is 6.32. The summed E-state index contributed by atoms with van der Waals surface area (Å²) in [5, 5.41) is 12.1. The zero-order chi connectivity index (χ0) is 10.6. The number of aromatic hydroxyl groups is 1. The molecule has 2 N–H and O–H groups in total. The van der Waals surface area contributed by atoms with E-state index in [1.807, 2.05) is 0 Å². The second-order valence-electron chi connectivity index (χ2n) is 2.66. The standard InChI is InChI=1S/C10H10ClNO2/c1-2-3-10(14)12-7-4-5-8(11)9(13)6-7/h2-6,13H,1H3,(H,12,14). The number of amides is 1. The molecule has 3 nitrogen and oxygen atoms in total. The summed E-state index contributed by atoms with van der Waals surface area (Å²) in [6, 6.07) is 4.52. The molecule has 0 atom stereocenters. The highest BCUT2D eigenvalue weighted by Crippen LogP contribution is 2.25. The highest BCUT2D eigenvalue weighted by atomic mass is 35.5. The Morgan fingerprint density at radius 1 is 1.57 bits per heavy atom. The molecule has 0 aromatic heterocycles. The van der Waals surface area contributed by atoms with Gasteiger partial charge in [0, 0.05) is 11.8 Å². The maximum absolute atomic E-state index is 11.1. The van der Waals surface area contributed by atoms with Gasteiger partial charge in [-0.2, -0.15) is 0 Å². The fourth-order valence-corrected chi connectivity index (χ4v) is 1.04. The first kappa shape index (κ1) is 10.6. The van der Waals surface area contributed by atoms with Crippen LogP contribution < -0.4 is 5.32 Å². The number of nitrogens with one attached hydrogen (secondary N) is 1. The molecule has 0 aliphatic rings. The first-order valence-electron chi connectivity index (χ1n) is 4.05. The van der Waals surface area contributed by atoms with Crippen LogP contribution in [0, 0.1) is 0 Å². The van der Waals surface area contributed by atoms with E-state index in [9.17, 15) is 9.90 Å². The minimum atomic E-state index is -0.241. The van der Waals surface area contributed by atoms with Crippen LogP contribution in [0.3, 0.4) is 0 Å². The molecule has 1 rings (SSSR count). The Labute approximate surface area is 87.0 Å². The van der Waals surface area contributed by atoms with Crippen LogP contribution in [0.4, 0.5) is 5.69 Å². The molecule has 14 heavy (non-hydrogen) atoms. The summed E-state index contributed by atoms with van der Waals surface area (Å²) in [6.45, 7) is 1.75. The van der Waals surface area contributed by atoms with Gasteiger partial charge in [0.25, 0.3) is 0 Å². The van der Waals surface area contributed by atoms with Crippen LogP contribution in [-0.2, 0) is 4.79 Å². The molecule has 0 aliphatic heterocycles. The van der Waals surface area contributed by atoms with E-state index in [1.165, 1.54) is 18.2 Å². The molecule has 0 unspecified atom stereocenters. The number of carbonyl (C=O) groups excluding carboxylic acids is 1. The van der Waals surface area contributed by atoms with E-state index >= 15 is 0 Å². The van der Waals surface area contributed by atoms with Gasteiger partial charge in [0.2, 0.25) is 5.91 Å². The fourth-order valence-electron chi connectivity index (χ4n) is 0.926. The monoisotopic (exact) mass is 211 g/mol. The first-order valence-corrected chi connectivity index (χ1v) is 4.43. The van der Waals surface area contributed by atoms with Crippen LogP contribution in [0.25, 0.3) is 0 Å². The molecule has 0 aliphatic carbocycles. The highest BCUT2D eigenvalue weighted by Gasteiger charge is 2.01. The lowest BCUT2D eigenvalue weighted by Crippen LogP contribution is -2.07. The van der Waals surface area contributed by atoms with Gasteiger partial charge in [0.15, 0.2) is 0 Å².